The molecule has 0 radical (unpaired) electrons. The van der Waals surface area contributed by atoms with Crippen LogP contribution in [0.1, 0.15) is 26.0 Å². The lowest BCUT2D eigenvalue weighted by molar-refractivity contribution is 0.0608. The van der Waals surface area contributed by atoms with Crippen molar-refractivity contribution in [2.75, 3.05) is 20.2 Å². The highest BCUT2D eigenvalue weighted by molar-refractivity contribution is 5.80. The molecular weight excluding hydrogens is 297 g/mol. The predicted molar refractivity (Wildman–Crippen MR) is 88.8 cm³/mol. The second kappa shape index (κ2) is 7.97. The third-order valence-corrected chi connectivity index (χ3v) is 3.73. The normalized spacial score (nSPS) is 12.3. The maximum Gasteiger partial charge on any atom is 0.317 e. The molecule has 0 fully saturated rings. The molecule has 0 aliphatic rings. The summed E-state index contributed by atoms with van der Waals surface area (Å²) in [6.45, 7) is 5.52. The van der Waals surface area contributed by atoms with E-state index >= 15 is 0 Å². The van der Waals surface area contributed by atoms with E-state index in [1.165, 1.54) is 12.1 Å². The third-order valence-electron chi connectivity index (χ3n) is 3.73. The molecule has 2 N–H and O–H groups in total. The summed E-state index contributed by atoms with van der Waals surface area (Å²) in [6.07, 6.45) is 0.888. The minimum atomic E-state index is -0.268. The fourth-order valence-corrected chi connectivity index (χ4v) is 2.47. The predicted octanol–water partition coefficient (Wildman–Crippen LogP) is 3.26. The Morgan fingerprint density at radius 1 is 1.39 bits per heavy atom. The fraction of sp³-hybridized carbons (Fsp3) is 0.471. The molecule has 0 bridgehead atoms. The number of nitrogens with one attached hydrogen (secondary N) is 2. The van der Waals surface area contributed by atoms with Gasteiger partial charge in [-0.3, -0.25) is 0 Å². The van der Waals surface area contributed by atoms with Gasteiger partial charge in [0.05, 0.1) is 12.6 Å². The van der Waals surface area contributed by atoms with Gasteiger partial charge in [0.25, 0.3) is 0 Å². The summed E-state index contributed by atoms with van der Waals surface area (Å²) in [7, 11) is 1.73. The summed E-state index contributed by atoms with van der Waals surface area (Å²) in [6, 6.07) is 6.29. The van der Waals surface area contributed by atoms with Gasteiger partial charge in [0, 0.05) is 36.8 Å². The first-order chi connectivity index (χ1) is 11.0. The average molecular weight is 321 g/mol. The fourth-order valence-electron chi connectivity index (χ4n) is 2.47. The first kappa shape index (κ1) is 17.3. The Morgan fingerprint density at radius 2 is 2.17 bits per heavy atom. The molecule has 126 valence electrons. The highest BCUT2D eigenvalue weighted by Crippen LogP contribution is 2.17. The van der Waals surface area contributed by atoms with Crippen molar-refractivity contribution < 1.29 is 13.9 Å². The highest BCUT2D eigenvalue weighted by Gasteiger charge is 2.13. The number of rotatable bonds is 7. The van der Waals surface area contributed by atoms with Gasteiger partial charge in [-0.2, -0.15) is 0 Å². The zero-order valence-electron chi connectivity index (χ0n) is 13.9. The van der Waals surface area contributed by atoms with Gasteiger partial charge in [0.15, 0.2) is 0 Å². The van der Waals surface area contributed by atoms with E-state index in [4.69, 9.17) is 4.74 Å². The van der Waals surface area contributed by atoms with Crippen molar-refractivity contribution in [1.29, 1.82) is 0 Å². The van der Waals surface area contributed by atoms with Crippen molar-refractivity contribution in [2.24, 2.45) is 0 Å². The molecule has 1 aromatic heterocycles. The molecule has 0 aliphatic carbocycles. The van der Waals surface area contributed by atoms with Crippen LogP contribution in [0.25, 0.3) is 10.9 Å². The standard InChI is InChI=1S/C17H24FN3O2/c1-4-15(23-5-2)10-19-17(22)21(3)11-14-9-12-8-13(18)6-7-16(12)20-14/h6-9,15,20H,4-5,10-11H2,1-3H3,(H,19,22). The van der Waals surface area contributed by atoms with E-state index in [1.54, 1.807) is 18.0 Å². The second-order valence-corrected chi connectivity index (χ2v) is 5.55. The molecule has 23 heavy (non-hydrogen) atoms. The Kier molecular flexibility index (Phi) is 5.98. The lowest BCUT2D eigenvalue weighted by Crippen LogP contribution is -2.41. The summed E-state index contributed by atoms with van der Waals surface area (Å²) in [5, 5.41) is 3.67. The molecule has 0 saturated heterocycles. The first-order valence-corrected chi connectivity index (χ1v) is 7.91. The minimum absolute atomic E-state index is 0.0356. The molecule has 0 saturated carbocycles. The molecule has 1 heterocycles. The lowest BCUT2D eigenvalue weighted by atomic mass is 10.2. The quantitative estimate of drug-likeness (QED) is 0.822. The lowest BCUT2D eigenvalue weighted by Gasteiger charge is -2.20. The maximum absolute atomic E-state index is 13.2. The topological polar surface area (TPSA) is 57.4 Å². The summed E-state index contributed by atoms with van der Waals surface area (Å²) in [5.74, 6) is -0.268. The monoisotopic (exact) mass is 321 g/mol. The van der Waals surface area contributed by atoms with E-state index in [0.29, 0.717) is 19.7 Å². The largest absolute Gasteiger partial charge is 0.377 e. The number of halogens is 1. The van der Waals surface area contributed by atoms with Crippen LogP contribution >= 0.6 is 0 Å². The molecule has 0 spiro atoms. The molecule has 1 unspecified atom stereocenters. The smallest absolute Gasteiger partial charge is 0.317 e. The van der Waals surface area contributed by atoms with E-state index in [2.05, 4.69) is 10.3 Å². The molecule has 6 heteroatoms. The number of carbonyl (C=O) groups is 1. The number of H-pyrrole nitrogens is 1. The number of benzene rings is 1. The zero-order valence-corrected chi connectivity index (χ0v) is 13.9. The van der Waals surface area contributed by atoms with Crippen molar-refractivity contribution in [3.63, 3.8) is 0 Å². The van der Waals surface area contributed by atoms with Gasteiger partial charge in [-0.1, -0.05) is 6.92 Å². The molecule has 0 aliphatic heterocycles. The number of fused-ring (bicyclic) bond motifs is 1. The van der Waals surface area contributed by atoms with Crippen molar-refractivity contribution >= 4 is 16.9 Å². The minimum Gasteiger partial charge on any atom is -0.377 e. The van der Waals surface area contributed by atoms with Gasteiger partial charge in [-0.25, -0.2) is 9.18 Å². The van der Waals surface area contributed by atoms with Crippen LogP contribution in [0.3, 0.4) is 0 Å². The Labute approximate surface area is 135 Å². The number of hydrogen-bond acceptors (Lipinski definition) is 2. The van der Waals surface area contributed by atoms with Gasteiger partial charge in [-0.15, -0.1) is 0 Å². The van der Waals surface area contributed by atoms with Gasteiger partial charge < -0.3 is 19.9 Å². The molecule has 2 rings (SSSR count). The van der Waals surface area contributed by atoms with E-state index in [1.807, 2.05) is 19.9 Å². The summed E-state index contributed by atoms with van der Waals surface area (Å²) in [5.41, 5.74) is 1.72. The maximum atomic E-state index is 13.2. The van der Waals surface area contributed by atoms with Crippen LogP contribution in [0.4, 0.5) is 9.18 Å². The molecular formula is C17H24FN3O2. The van der Waals surface area contributed by atoms with Crippen molar-refractivity contribution in [3.8, 4) is 0 Å². The van der Waals surface area contributed by atoms with Crippen molar-refractivity contribution in [2.45, 2.75) is 32.9 Å². The van der Waals surface area contributed by atoms with Gasteiger partial charge in [-0.05, 0) is 37.6 Å². The Hall–Kier alpha value is -2.08. The molecule has 1 atom stereocenters. The van der Waals surface area contributed by atoms with E-state index < -0.39 is 0 Å². The van der Waals surface area contributed by atoms with Gasteiger partial charge in [0.2, 0.25) is 0 Å². The van der Waals surface area contributed by atoms with Crippen LogP contribution in [-0.4, -0.2) is 42.2 Å². The number of aromatic amines is 1. The van der Waals surface area contributed by atoms with Crippen molar-refractivity contribution in [3.05, 3.63) is 35.8 Å². The summed E-state index contributed by atoms with van der Waals surface area (Å²) in [4.78, 5) is 16.9. The molecule has 1 aromatic carbocycles. The SMILES string of the molecule is CCOC(CC)CNC(=O)N(C)Cc1cc2cc(F)ccc2[nH]1. The number of nitrogens with zero attached hydrogens (tertiary/aromatic N) is 1. The van der Waals surface area contributed by atoms with Crippen LogP contribution in [0.15, 0.2) is 24.3 Å². The summed E-state index contributed by atoms with van der Waals surface area (Å²) >= 11 is 0. The molecule has 2 aromatic rings. The van der Waals surface area contributed by atoms with Crippen LogP contribution in [-0.2, 0) is 11.3 Å². The number of urea groups is 1. The number of aromatic nitrogens is 1. The molecule has 5 nitrogen and oxygen atoms in total. The van der Waals surface area contributed by atoms with Crippen LogP contribution < -0.4 is 5.32 Å². The van der Waals surface area contributed by atoms with Gasteiger partial charge in [0.1, 0.15) is 5.82 Å². The Morgan fingerprint density at radius 3 is 2.87 bits per heavy atom. The second-order valence-electron chi connectivity index (χ2n) is 5.55. The zero-order chi connectivity index (χ0) is 16.8. The number of ether oxygens (including phenoxy) is 1. The summed E-state index contributed by atoms with van der Waals surface area (Å²) < 4.78 is 18.7. The van der Waals surface area contributed by atoms with Crippen LogP contribution in [0.2, 0.25) is 0 Å². The van der Waals surface area contributed by atoms with Gasteiger partial charge >= 0.3 is 6.03 Å². The van der Waals surface area contributed by atoms with Crippen molar-refractivity contribution in [1.82, 2.24) is 15.2 Å². The first-order valence-electron chi connectivity index (χ1n) is 7.91. The molecule has 2 amide bonds. The van der Waals surface area contributed by atoms with Crippen LogP contribution in [0.5, 0.6) is 0 Å². The van der Waals surface area contributed by atoms with Crippen LogP contribution in [0, 0.1) is 5.82 Å². The number of amides is 2. The van der Waals surface area contributed by atoms with E-state index in [-0.39, 0.29) is 18.0 Å². The average Bonchev–Trinajstić information content (AvgIpc) is 2.92. The Balaban J connectivity index is 1.91. The highest BCUT2D eigenvalue weighted by atomic mass is 19.1. The van der Waals surface area contributed by atoms with E-state index in [9.17, 15) is 9.18 Å². The number of carbonyl (C=O) groups excluding carboxylic acids is 1. The number of hydrogen-bond donors (Lipinski definition) is 2. The third kappa shape index (κ3) is 4.69. The van der Waals surface area contributed by atoms with E-state index in [0.717, 1.165) is 23.0 Å². The Bertz CT molecular complexity index is 656.